The zero-order valence-corrected chi connectivity index (χ0v) is 17.1. The maximum absolute atomic E-state index is 13.1. The summed E-state index contributed by atoms with van der Waals surface area (Å²) in [6.07, 6.45) is 1.97. The van der Waals surface area contributed by atoms with E-state index in [1.807, 2.05) is 35.2 Å². The van der Waals surface area contributed by atoms with Gasteiger partial charge in [0, 0.05) is 36.7 Å². The van der Waals surface area contributed by atoms with Gasteiger partial charge in [-0.15, -0.1) is 0 Å². The van der Waals surface area contributed by atoms with Crippen molar-refractivity contribution in [1.29, 1.82) is 0 Å². The maximum Gasteiger partial charge on any atom is 0.254 e. The summed E-state index contributed by atoms with van der Waals surface area (Å²) in [5.41, 5.74) is 1.45. The Morgan fingerprint density at radius 3 is 2.35 bits per heavy atom. The van der Waals surface area contributed by atoms with Crippen molar-refractivity contribution < 1.29 is 13.2 Å². The molecule has 0 bridgehead atoms. The lowest BCUT2D eigenvalue weighted by Crippen LogP contribution is -2.33. The van der Waals surface area contributed by atoms with Gasteiger partial charge >= 0.3 is 0 Å². The van der Waals surface area contributed by atoms with Crippen molar-refractivity contribution in [3.8, 4) is 0 Å². The van der Waals surface area contributed by atoms with Crippen LogP contribution in [-0.2, 0) is 16.6 Å². The van der Waals surface area contributed by atoms with Crippen LogP contribution in [0.1, 0.15) is 28.8 Å². The smallest absolute Gasteiger partial charge is 0.254 e. The number of carbonyl (C=O) groups is 1. The third kappa shape index (κ3) is 4.00. The van der Waals surface area contributed by atoms with E-state index >= 15 is 0 Å². The number of sulfonamides is 1. The highest BCUT2D eigenvalue weighted by molar-refractivity contribution is 9.10. The molecule has 0 radical (unpaired) electrons. The quantitative estimate of drug-likeness (QED) is 0.695. The zero-order valence-electron chi connectivity index (χ0n) is 14.7. The molecule has 5 nitrogen and oxygen atoms in total. The first-order valence-electron chi connectivity index (χ1n) is 8.37. The Kier molecular flexibility index (Phi) is 5.50. The second-order valence-electron chi connectivity index (χ2n) is 6.58. The summed E-state index contributed by atoms with van der Waals surface area (Å²) in [6.45, 7) is 0.524. The van der Waals surface area contributed by atoms with Gasteiger partial charge in [-0.1, -0.05) is 30.3 Å². The van der Waals surface area contributed by atoms with E-state index in [1.165, 1.54) is 20.2 Å². The van der Waals surface area contributed by atoms with Crippen LogP contribution in [0.15, 0.2) is 57.9 Å². The van der Waals surface area contributed by atoms with Crippen LogP contribution >= 0.6 is 15.9 Å². The van der Waals surface area contributed by atoms with E-state index in [-0.39, 0.29) is 16.8 Å². The molecular weight excluding hydrogens is 416 g/mol. The molecule has 1 aliphatic carbocycles. The number of benzene rings is 2. The molecule has 7 heteroatoms. The summed E-state index contributed by atoms with van der Waals surface area (Å²) in [4.78, 5) is 15.0. The number of rotatable bonds is 6. The second-order valence-corrected chi connectivity index (χ2v) is 9.56. The third-order valence-electron chi connectivity index (χ3n) is 4.38. The molecule has 2 aromatic rings. The van der Waals surface area contributed by atoms with Crippen molar-refractivity contribution >= 4 is 31.9 Å². The Labute approximate surface area is 162 Å². The van der Waals surface area contributed by atoms with E-state index in [2.05, 4.69) is 15.9 Å². The van der Waals surface area contributed by atoms with Crippen LogP contribution in [0.2, 0.25) is 0 Å². The first-order chi connectivity index (χ1) is 12.3. The molecule has 2 aromatic carbocycles. The zero-order chi connectivity index (χ0) is 18.9. The molecule has 1 saturated carbocycles. The molecule has 0 atom stereocenters. The Bertz CT molecular complexity index is 910. The Morgan fingerprint density at radius 1 is 1.12 bits per heavy atom. The molecular formula is C19H21BrN2O3S. The summed E-state index contributed by atoms with van der Waals surface area (Å²) in [5, 5.41) is 0. The summed E-state index contributed by atoms with van der Waals surface area (Å²) >= 11 is 3.29. The molecule has 0 unspecified atom stereocenters. The minimum atomic E-state index is -3.64. The van der Waals surface area contributed by atoms with E-state index in [0.717, 1.165) is 22.7 Å². The number of nitrogens with zero attached hydrogens (tertiary/aromatic N) is 2. The van der Waals surface area contributed by atoms with Crippen molar-refractivity contribution in [2.24, 2.45) is 0 Å². The molecule has 0 N–H and O–H groups in total. The van der Waals surface area contributed by atoms with Crippen molar-refractivity contribution in [2.75, 3.05) is 14.1 Å². The minimum absolute atomic E-state index is 0.101. The van der Waals surface area contributed by atoms with Crippen LogP contribution in [0.4, 0.5) is 0 Å². The van der Waals surface area contributed by atoms with Crippen LogP contribution < -0.4 is 0 Å². The van der Waals surface area contributed by atoms with Crippen LogP contribution in [0.25, 0.3) is 0 Å². The molecule has 3 rings (SSSR count). The fourth-order valence-corrected chi connectivity index (χ4v) is 4.57. The fourth-order valence-electron chi connectivity index (χ4n) is 2.73. The second kappa shape index (κ2) is 7.50. The summed E-state index contributed by atoms with van der Waals surface area (Å²) < 4.78 is 26.6. The van der Waals surface area contributed by atoms with Gasteiger partial charge in [0.2, 0.25) is 10.0 Å². The summed E-state index contributed by atoms with van der Waals surface area (Å²) in [7, 11) is -0.688. The average Bonchev–Trinajstić information content (AvgIpc) is 3.45. The standard InChI is InChI=1S/C19H21BrN2O3S/c1-21(2)26(24,25)18-12-15(8-11-17(18)20)19(23)22(16-9-10-16)13-14-6-4-3-5-7-14/h3-8,11-12,16H,9-10,13H2,1-2H3. The minimum Gasteiger partial charge on any atom is -0.331 e. The van der Waals surface area contributed by atoms with Gasteiger partial charge < -0.3 is 4.90 Å². The highest BCUT2D eigenvalue weighted by Gasteiger charge is 2.33. The highest BCUT2D eigenvalue weighted by atomic mass is 79.9. The van der Waals surface area contributed by atoms with Gasteiger partial charge in [-0.05, 0) is 52.5 Å². The van der Waals surface area contributed by atoms with Crippen molar-refractivity contribution in [2.45, 2.75) is 30.3 Å². The lowest BCUT2D eigenvalue weighted by molar-refractivity contribution is 0.0729. The summed E-state index contributed by atoms with van der Waals surface area (Å²) in [6, 6.07) is 14.8. The van der Waals surface area contributed by atoms with Gasteiger partial charge in [0.15, 0.2) is 0 Å². The lowest BCUT2D eigenvalue weighted by atomic mass is 10.1. The predicted molar refractivity (Wildman–Crippen MR) is 104 cm³/mol. The molecule has 1 fully saturated rings. The molecule has 0 spiro atoms. The SMILES string of the molecule is CN(C)S(=O)(=O)c1cc(C(=O)N(Cc2ccccc2)C2CC2)ccc1Br. The van der Waals surface area contributed by atoms with Gasteiger partial charge in [-0.2, -0.15) is 0 Å². The number of carbonyl (C=O) groups excluding carboxylic acids is 1. The van der Waals surface area contributed by atoms with Crippen molar-refractivity contribution in [3.05, 3.63) is 64.1 Å². The van der Waals surface area contributed by atoms with Gasteiger partial charge in [0.25, 0.3) is 5.91 Å². The normalized spacial score (nSPS) is 14.5. The van der Waals surface area contributed by atoms with E-state index in [0.29, 0.717) is 16.6 Å². The van der Waals surface area contributed by atoms with Gasteiger partial charge in [-0.3, -0.25) is 4.79 Å². The van der Waals surface area contributed by atoms with Crippen LogP contribution in [0.3, 0.4) is 0 Å². The molecule has 1 aliphatic rings. The van der Waals surface area contributed by atoms with E-state index in [1.54, 1.807) is 12.1 Å². The monoisotopic (exact) mass is 436 g/mol. The molecule has 0 heterocycles. The molecule has 0 aromatic heterocycles. The maximum atomic E-state index is 13.1. The van der Waals surface area contributed by atoms with Crippen molar-refractivity contribution in [3.63, 3.8) is 0 Å². The van der Waals surface area contributed by atoms with Gasteiger partial charge in [-0.25, -0.2) is 12.7 Å². The van der Waals surface area contributed by atoms with Crippen LogP contribution in [-0.4, -0.2) is 43.7 Å². The number of hydrogen-bond acceptors (Lipinski definition) is 3. The molecule has 138 valence electrons. The average molecular weight is 437 g/mol. The number of amides is 1. The first-order valence-corrected chi connectivity index (χ1v) is 10.6. The Hall–Kier alpha value is -1.70. The largest absolute Gasteiger partial charge is 0.331 e. The first kappa shape index (κ1) is 19.1. The Morgan fingerprint density at radius 2 is 1.77 bits per heavy atom. The lowest BCUT2D eigenvalue weighted by Gasteiger charge is -2.23. The number of hydrogen-bond donors (Lipinski definition) is 0. The highest BCUT2D eigenvalue weighted by Crippen LogP contribution is 2.31. The molecule has 26 heavy (non-hydrogen) atoms. The third-order valence-corrected chi connectivity index (χ3v) is 7.19. The fraction of sp³-hybridized carbons (Fsp3) is 0.316. The van der Waals surface area contributed by atoms with Gasteiger partial charge in [0.1, 0.15) is 0 Å². The molecule has 1 amide bonds. The van der Waals surface area contributed by atoms with E-state index < -0.39 is 10.0 Å². The molecule has 0 aliphatic heterocycles. The molecule has 0 saturated heterocycles. The van der Waals surface area contributed by atoms with Crippen LogP contribution in [0.5, 0.6) is 0 Å². The van der Waals surface area contributed by atoms with Crippen LogP contribution in [0, 0.1) is 0 Å². The van der Waals surface area contributed by atoms with E-state index in [4.69, 9.17) is 0 Å². The number of halogens is 1. The Balaban J connectivity index is 1.93. The van der Waals surface area contributed by atoms with Gasteiger partial charge in [0.05, 0.1) is 4.90 Å². The van der Waals surface area contributed by atoms with Crippen molar-refractivity contribution in [1.82, 2.24) is 9.21 Å². The summed E-state index contributed by atoms with van der Waals surface area (Å²) in [5.74, 6) is -0.140. The predicted octanol–water partition coefficient (Wildman–Crippen LogP) is 3.50. The van der Waals surface area contributed by atoms with E-state index in [9.17, 15) is 13.2 Å². The topological polar surface area (TPSA) is 57.7 Å².